The number of hydrogen-bond donors (Lipinski definition) is 1. The number of rotatable bonds is 4. The summed E-state index contributed by atoms with van der Waals surface area (Å²) in [4.78, 5) is 8.17. The molecule has 2 aromatic heterocycles. The van der Waals surface area contributed by atoms with E-state index in [0.29, 0.717) is 12.4 Å². The van der Waals surface area contributed by atoms with Gasteiger partial charge in [-0.3, -0.25) is 0 Å². The SMILES string of the molecule is CCc1ccc(C2C=C(N)ON2Cc2ccco2)s1. The Hall–Kier alpha value is -1.72. The Morgan fingerprint density at radius 3 is 2.95 bits per heavy atom. The van der Waals surface area contributed by atoms with Gasteiger partial charge >= 0.3 is 0 Å². The number of nitrogens with zero attached hydrogens (tertiary/aromatic N) is 1. The average Bonchev–Trinajstić information content (AvgIpc) is 3.10. The summed E-state index contributed by atoms with van der Waals surface area (Å²) in [6.07, 6.45) is 4.65. The van der Waals surface area contributed by atoms with Crippen molar-refractivity contribution in [1.82, 2.24) is 5.06 Å². The Bertz CT molecular complexity index is 574. The Morgan fingerprint density at radius 2 is 2.26 bits per heavy atom. The average molecular weight is 276 g/mol. The molecule has 3 rings (SSSR count). The standard InChI is InChI=1S/C14H16N2O2S/c1-2-11-5-6-13(19-11)12-8-14(15)18-16(12)9-10-4-3-7-17-10/h3-8,12H,2,9,15H2,1H3. The van der Waals surface area contributed by atoms with Crippen molar-refractivity contribution in [2.24, 2.45) is 5.73 Å². The molecule has 0 radical (unpaired) electrons. The second-order valence-electron chi connectivity index (χ2n) is 4.42. The van der Waals surface area contributed by atoms with Gasteiger partial charge in [0.25, 0.3) is 0 Å². The minimum Gasteiger partial charge on any atom is -0.468 e. The third-order valence-electron chi connectivity index (χ3n) is 3.07. The molecule has 1 unspecified atom stereocenters. The van der Waals surface area contributed by atoms with E-state index in [9.17, 15) is 0 Å². The van der Waals surface area contributed by atoms with Gasteiger partial charge in [0.1, 0.15) is 11.8 Å². The molecular formula is C14H16N2O2S. The predicted molar refractivity (Wildman–Crippen MR) is 74.0 cm³/mol. The van der Waals surface area contributed by atoms with Crippen LogP contribution in [-0.4, -0.2) is 5.06 Å². The van der Waals surface area contributed by atoms with Crippen LogP contribution in [0.25, 0.3) is 0 Å². The van der Waals surface area contributed by atoms with Gasteiger partial charge in [-0.15, -0.1) is 16.4 Å². The molecule has 0 spiro atoms. The minimum atomic E-state index is 0.0652. The van der Waals surface area contributed by atoms with Crippen molar-refractivity contribution in [1.29, 1.82) is 0 Å². The van der Waals surface area contributed by atoms with Crippen LogP contribution in [0.3, 0.4) is 0 Å². The Morgan fingerprint density at radius 1 is 1.37 bits per heavy atom. The lowest BCUT2D eigenvalue weighted by molar-refractivity contribution is -0.130. The summed E-state index contributed by atoms with van der Waals surface area (Å²) < 4.78 is 5.36. The number of nitrogens with two attached hydrogens (primary N) is 1. The topological polar surface area (TPSA) is 51.6 Å². The van der Waals surface area contributed by atoms with Crippen LogP contribution in [0.2, 0.25) is 0 Å². The van der Waals surface area contributed by atoms with E-state index in [0.717, 1.165) is 12.2 Å². The lowest BCUT2D eigenvalue weighted by Gasteiger charge is -2.20. The van der Waals surface area contributed by atoms with Gasteiger partial charge < -0.3 is 15.0 Å². The van der Waals surface area contributed by atoms with Gasteiger partial charge in [-0.25, -0.2) is 0 Å². The van der Waals surface area contributed by atoms with E-state index in [2.05, 4.69) is 19.1 Å². The summed E-state index contributed by atoms with van der Waals surface area (Å²) >= 11 is 1.80. The number of hydrogen-bond acceptors (Lipinski definition) is 5. The third kappa shape index (κ3) is 2.52. The molecule has 1 atom stereocenters. The van der Waals surface area contributed by atoms with Crippen LogP contribution in [0.1, 0.15) is 28.5 Å². The first-order valence-corrected chi connectivity index (χ1v) is 7.11. The van der Waals surface area contributed by atoms with Crippen LogP contribution >= 0.6 is 11.3 Å². The van der Waals surface area contributed by atoms with Crippen molar-refractivity contribution >= 4 is 11.3 Å². The minimum absolute atomic E-state index is 0.0652. The lowest BCUT2D eigenvalue weighted by Crippen LogP contribution is -2.22. The quantitative estimate of drug-likeness (QED) is 0.931. The molecule has 1 aliphatic rings. The maximum absolute atomic E-state index is 5.79. The number of thiophene rings is 1. The first kappa shape index (κ1) is 12.3. The van der Waals surface area contributed by atoms with E-state index in [-0.39, 0.29) is 6.04 Å². The van der Waals surface area contributed by atoms with Crippen molar-refractivity contribution in [3.8, 4) is 0 Å². The van der Waals surface area contributed by atoms with Gasteiger partial charge in [-0.05, 0) is 30.7 Å². The van der Waals surface area contributed by atoms with Gasteiger partial charge in [0.15, 0.2) is 0 Å². The fourth-order valence-electron chi connectivity index (χ4n) is 2.12. The molecule has 0 fully saturated rings. The number of hydroxylamine groups is 2. The van der Waals surface area contributed by atoms with Crippen molar-refractivity contribution in [2.45, 2.75) is 25.9 Å². The molecule has 2 N–H and O–H groups in total. The molecule has 2 aromatic rings. The van der Waals surface area contributed by atoms with E-state index in [4.69, 9.17) is 15.0 Å². The zero-order chi connectivity index (χ0) is 13.2. The van der Waals surface area contributed by atoms with Crippen LogP contribution < -0.4 is 5.73 Å². The van der Waals surface area contributed by atoms with E-state index in [1.807, 2.05) is 23.3 Å². The van der Waals surface area contributed by atoms with Crippen molar-refractivity contribution in [3.05, 3.63) is 58.0 Å². The van der Waals surface area contributed by atoms with Gasteiger partial charge in [0.05, 0.1) is 12.8 Å². The molecule has 3 heterocycles. The summed E-state index contributed by atoms with van der Waals surface area (Å²) in [5.41, 5.74) is 5.79. The fraction of sp³-hybridized carbons (Fsp3) is 0.286. The second-order valence-corrected chi connectivity index (χ2v) is 5.62. The fourth-order valence-corrected chi connectivity index (χ4v) is 3.14. The highest BCUT2D eigenvalue weighted by Gasteiger charge is 2.29. The summed E-state index contributed by atoms with van der Waals surface area (Å²) in [6, 6.07) is 8.17. The smallest absolute Gasteiger partial charge is 0.207 e. The highest BCUT2D eigenvalue weighted by Crippen LogP contribution is 2.35. The van der Waals surface area contributed by atoms with E-state index in [1.54, 1.807) is 17.6 Å². The van der Waals surface area contributed by atoms with Crippen LogP contribution in [-0.2, 0) is 17.8 Å². The van der Waals surface area contributed by atoms with Gasteiger partial charge in [0.2, 0.25) is 5.88 Å². The van der Waals surface area contributed by atoms with E-state index < -0.39 is 0 Å². The van der Waals surface area contributed by atoms with Crippen molar-refractivity contribution in [2.75, 3.05) is 0 Å². The Balaban J connectivity index is 1.80. The molecular weight excluding hydrogens is 260 g/mol. The van der Waals surface area contributed by atoms with Crippen molar-refractivity contribution in [3.63, 3.8) is 0 Å². The van der Waals surface area contributed by atoms with Crippen LogP contribution in [0.15, 0.2) is 46.9 Å². The molecule has 5 heteroatoms. The molecule has 0 amide bonds. The van der Waals surface area contributed by atoms with Crippen molar-refractivity contribution < 1.29 is 9.25 Å². The zero-order valence-electron chi connectivity index (χ0n) is 10.7. The van der Waals surface area contributed by atoms with Crippen LogP contribution in [0, 0.1) is 0 Å². The van der Waals surface area contributed by atoms with E-state index in [1.165, 1.54) is 9.75 Å². The summed E-state index contributed by atoms with van der Waals surface area (Å²) in [5.74, 6) is 1.31. The third-order valence-corrected chi connectivity index (χ3v) is 4.37. The Labute approximate surface area is 116 Å². The summed E-state index contributed by atoms with van der Waals surface area (Å²) in [5, 5.41) is 1.85. The molecule has 19 heavy (non-hydrogen) atoms. The first-order valence-electron chi connectivity index (χ1n) is 6.29. The molecule has 0 aliphatic carbocycles. The highest BCUT2D eigenvalue weighted by molar-refractivity contribution is 7.12. The van der Waals surface area contributed by atoms with Gasteiger partial charge in [-0.1, -0.05) is 6.92 Å². The molecule has 0 aromatic carbocycles. The molecule has 0 bridgehead atoms. The summed E-state index contributed by atoms with van der Waals surface area (Å²) in [7, 11) is 0. The second kappa shape index (κ2) is 5.11. The lowest BCUT2D eigenvalue weighted by atomic mass is 10.2. The molecule has 0 saturated heterocycles. The molecule has 4 nitrogen and oxygen atoms in total. The Kier molecular flexibility index (Phi) is 3.31. The number of aryl methyl sites for hydroxylation is 1. The normalized spacial score (nSPS) is 19.4. The first-order chi connectivity index (χ1) is 9.26. The number of furan rings is 1. The zero-order valence-corrected chi connectivity index (χ0v) is 11.5. The van der Waals surface area contributed by atoms with E-state index >= 15 is 0 Å². The monoisotopic (exact) mass is 276 g/mol. The van der Waals surface area contributed by atoms with Gasteiger partial charge in [-0.2, -0.15) is 0 Å². The molecule has 100 valence electrons. The maximum atomic E-state index is 5.79. The summed E-state index contributed by atoms with van der Waals surface area (Å²) in [6.45, 7) is 2.74. The highest BCUT2D eigenvalue weighted by atomic mass is 32.1. The van der Waals surface area contributed by atoms with Gasteiger partial charge in [0, 0.05) is 15.8 Å². The predicted octanol–water partition coefficient (Wildman–Crippen LogP) is 3.19. The van der Waals surface area contributed by atoms with Crippen LogP contribution in [0.5, 0.6) is 0 Å². The molecule has 1 aliphatic heterocycles. The largest absolute Gasteiger partial charge is 0.468 e. The maximum Gasteiger partial charge on any atom is 0.207 e. The molecule has 0 saturated carbocycles. The van der Waals surface area contributed by atoms with Crippen LogP contribution in [0.4, 0.5) is 0 Å².